The minimum absolute atomic E-state index is 0.0250. The highest BCUT2D eigenvalue weighted by atomic mass is 19.1. The van der Waals surface area contributed by atoms with E-state index in [0.717, 1.165) is 68.6 Å². The number of β-amino-alcohol motifs (C(OH)–C–C–N with tert-alkyl or cyclic N) is 1. The van der Waals surface area contributed by atoms with Crippen molar-refractivity contribution in [3.63, 3.8) is 0 Å². The van der Waals surface area contributed by atoms with Crippen molar-refractivity contribution in [2.24, 2.45) is 5.73 Å². The number of anilines is 3. The molecule has 16 heteroatoms. The van der Waals surface area contributed by atoms with Gasteiger partial charge in [-0.25, -0.2) is 23.2 Å². The Morgan fingerprint density at radius 3 is 2.14 bits per heavy atom. The van der Waals surface area contributed by atoms with Gasteiger partial charge < -0.3 is 34.9 Å². The van der Waals surface area contributed by atoms with E-state index in [1.807, 2.05) is 56.3 Å². The maximum Gasteiger partial charge on any atom is 0.327 e. The molecule has 334 valence electrons. The molecule has 1 unspecified atom stereocenters. The predicted octanol–water partition coefficient (Wildman–Crippen LogP) is 6.94. The molecule has 3 aliphatic rings. The quantitative estimate of drug-likeness (QED) is 0.106. The van der Waals surface area contributed by atoms with E-state index >= 15 is 0 Å². The van der Waals surface area contributed by atoms with E-state index in [1.165, 1.54) is 29.5 Å². The molecule has 3 saturated heterocycles. The molecule has 0 bridgehead atoms. The van der Waals surface area contributed by atoms with Gasteiger partial charge in [0.1, 0.15) is 42.2 Å². The van der Waals surface area contributed by atoms with Gasteiger partial charge in [0, 0.05) is 66.5 Å². The van der Waals surface area contributed by atoms with Gasteiger partial charge in [-0.3, -0.25) is 14.6 Å². The van der Waals surface area contributed by atoms with Crippen molar-refractivity contribution in [1.82, 2.24) is 19.7 Å². The van der Waals surface area contributed by atoms with Crippen molar-refractivity contribution in [1.29, 1.82) is 0 Å². The number of ether oxygens (including phenoxy) is 3. The van der Waals surface area contributed by atoms with Crippen LogP contribution in [0.25, 0.3) is 0 Å². The van der Waals surface area contributed by atoms with Crippen LogP contribution in [0.1, 0.15) is 62.4 Å². The normalized spacial score (nSPS) is 21.2. The fourth-order valence-corrected chi connectivity index (χ4v) is 8.43. The lowest BCUT2D eigenvalue weighted by molar-refractivity contribution is -0.117. The highest BCUT2D eigenvalue weighted by Gasteiger charge is 2.50. The fraction of sp³-hybridized carbons (Fsp3) is 0.404. The van der Waals surface area contributed by atoms with Gasteiger partial charge in [-0.15, -0.1) is 0 Å². The molecule has 5 aromatic rings. The lowest BCUT2D eigenvalue weighted by Gasteiger charge is -2.37. The summed E-state index contributed by atoms with van der Waals surface area (Å²) in [5.74, 6) is -1.14. The molecule has 0 saturated carbocycles. The zero-order chi connectivity index (χ0) is 44.6. The van der Waals surface area contributed by atoms with Crippen LogP contribution >= 0.6 is 0 Å². The molecule has 8 rings (SSSR count). The van der Waals surface area contributed by atoms with Gasteiger partial charge in [0.15, 0.2) is 12.0 Å². The number of unbranched alkanes of at least 4 members (excludes halogenated alkanes) is 2. The summed E-state index contributed by atoms with van der Waals surface area (Å²) < 4.78 is 48.4. The van der Waals surface area contributed by atoms with Gasteiger partial charge >= 0.3 is 6.03 Å². The van der Waals surface area contributed by atoms with E-state index in [9.17, 15) is 23.5 Å². The Balaban J connectivity index is 0.000000589. The minimum Gasteiger partial charge on any atom is -0.488 e. The van der Waals surface area contributed by atoms with Gasteiger partial charge in [0.25, 0.3) is 0 Å². The molecule has 1 aromatic heterocycles. The van der Waals surface area contributed by atoms with Crippen molar-refractivity contribution in [3.05, 3.63) is 132 Å². The Morgan fingerprint density at radius 1 is 0.921 bits per heavy atom. The van der Waals surface area contributed by atoms with Crippen LogP contribution in [0.5, 0.6) is 5.75 Å². The van der Waals surface area contributed by atoms with E-state index in [1.54, 1.807) is 34.1 Å². The summed E-state index contributed by atoms with van der Waals surface area (Å²) in [6.07, 6.45) is 5.63. The number of piperazine rings is 1. The van der Waals surface area contributed by atoms with E-state index in [4.69, 9.17) is 19.9 Å². The molecular formula is C47H56F2N8O6. The van der Waals surface area contributed by atoms with Crippen LogP contribution in [-0.2, 0) is 21.6 Å². The van der Waals surface area contributed by atoms with Gasteiger partial charge in [-0.05, 0) is 93.4 Å². The monoisotopic (exact) mass is 866 g/mol. The van der Waals surface area contributed by atoms with E-state index in [0.29, 0.717) is 17.7 Å². The Hall–Kier alpha value is -6.10. The number of benzene rings is 4. The first-order valence-electron chi connectivity index (χ1n) is 21.5. The van der Waals surface area contributed by atoms with Crippen LogP contribution in [0.4, 0.5) is 30.6 Å². The number of hydrogen-bond donors (Lipinski definition) is 2. The molecule has 3 atom stereocenters. The van der Waals surface area contributed by atoms with Crippen molar-refractivity contribution < 1.29 is 37.7 Å². The van der Waals surface area contributed by atoms with Crippen LogP contribution < -0.4 is 25.2 Å². The first kappa shape index (κ1) is 44.9. The Labute approximate surface area is 366 Å². The topological polar surface area (TPSA) is 152 Å². The van der Waals surface area contributed by atoms with Crippen LogP contribution in [0.15, 0.2) is 110 Å². The Bertz CT molecular complexity index is 2260. The molecule has 4 aromatic carbocycles. The molecule has 4 heterocycles. The number of aliphatic hydroxyl groups is 1. The summed E-state index contributed by atoms with van der Waals surface area (Å²) in [7, 11) is 0. The Morgan fingerprint density at radius 2 is 1.57 bits per heavy atom. The van der Waals surface area contributed by atoms with E-state index in [2.05, 4.69) is 38.9 Å². The molecule has 3 N–H and O–H groups in total. The van der Waals surface area contributed by atoms with Crippen LogP contribution in [0.2, 0.25) is 0 Å². The number of amides is 3. The second-order valence-corrected chi connectivity index (χ2v) is 16.4. The van der Waals surface area contributed by atoms with E-state index < -0.39 is 29.3 Å². The summed E-state index contributed by atoms with van der Waals surface area (Å²) in [4.78, 5) is 35.8. The van der Waals surface area contributed by atoms with Crippen molar-refractivity contribution in [3.8, 4) is 5.75 Å². The number of carbonyl (C=O) groups excluding carboxylic acids is 2. The lowest BCUT2D eigenvalue weighted by Crippen LogP contribution is -2.50. The van der Waals surface area contributed by atoms with Crippen LogP contribution in [-0.4, -0.2) is 101 Å². The third-order valence-electron chi connectivity index (χ3n) is 11.6. The minimum atomic E-state index is -1.24. The fourth-order valence-electron chi connectivity index (χ4n) is 8.43. The van der Waals surface area contributed by atoms with Crippen molar-refractivity contribution in [2.45, 2.75) is 76.7 Å². The third-order valence-corrected chi connectivity index (χ3v) is 11.6. The molecule has 63 heavy (non-hydrogen) atoms. The molecule has 3 fully saturated rings. The zero-order valence-corrected chi connectivity index (χ0v) is 36.0. The number of hydrogen-bond acceptors (Lipinski definition) is 10. The number of urea groups is 1. The maximum absolute atomic E-state index is 14.9. The largest absolute Gasteiger partial charge is 0.488 e. The van der Waals surface area contributed by atoms with Crippen molar-refractivity contribution >= 4 is 29.0 Å². The molecule has 14 nitrogen and oxygen atoms in total. The number of halogens is 2. The van der Waals surface area contributed by atoms with Crippen LogP contribution in [0, 0.1) is 11.6 Å². The number of aromatic nitrogens is 3. The third kappa shape index (κ3) is 10.6. The summed E-state index contributed by atoms with van der Waals surface area (Å²) in [5.41, 5.74) is 6.26. The van der Waals surface area contributed by atoms with E-state index in [-0.39, 0.29) is 49.8 Å². The molecule has 3 aliphatic heterocycles. The highest BCUT2D eigenvalue weighted by Crippen LogP contribution is 2.38. The first-order chi connectivity index (χ1) is 30.4. The summed E-state index contributed by atoms with van der Waals surface area (Å²) in [6.45, 7) is 9.86. The highest BCUT2D eigenvalue weighted by molar-refractivity contribution is 5.95. The number of rotatable bonds is 15. The molecule has 0 radical (unpaired) electrons. The maximum atomic E-state index is 14.9. The number of nitrogens with two attached hydrogens (primary N) is 1. The second kappa shape index (κ2) is 19.9. The average Bonchev–Trinajstić information content (AvgIpc) is 4.02. The number of nitrogens with zero attached hydrogens (tertiary/aromatic N) is 7. The molecule has 0 spiro atoms. The average molecular weight is 867 g/mol. The second-order valence-electron chi connectivity index (χ2n) is 16.4. The number of carbonyl (C=O) groups is 2. The van der Waals surface area contributed by atoms with Gasteiger partial charge in [-0.1, -0.05) is 44.0 Å². The molecule has 3 amide bonds. The molecule has 0 aliphatic carbocycles. The SMILES string of the molecule is CCCCCC1(O)CN(c2ccc(N3CCN(c4ccc(OC[C@H]5OC[C@](Cn6cncn6)(c6ccc(F)cc6F)O5)cc4)CC3)cc2)C(=O)N1C(C)C.NC(=O)c1ccccc1. The lowest BCUT2D eigenvalue weighted by atomic mass is 9.94. The summed E-state index contributed by atoms with van der Waals surface area (Å²) in [5, 5.41) is 15.7. The standard InChI is InChI=1S/C40H49F2N7O5.C7H7NO/c1-4-5-6-17-40(51)25-48(38(50)49(40)29(2)3)33-10-8-31(9-11-33)45-18-20-46(21-19-45)32-12-14-34(15-13-32)52-23-37-53-26-39(54-37,24-47-28-43-27-44-47)35-16-7-30(41)22-36(35)42;8-7(9)6-4-2-1-3-5-6/h7-16,22,27-29,37,51H,4-6,17-21,23-26H2,1-3H3;1-5H,(H2,8,9)/t37-,39+,40?;/m0./s1. The van der Waals surface area contributed by atoms with Crippen molar-refractivity contribution in [2.75, 3.05) is 60.6 Å². The summed E-state index contributed by atoms with van der Waals surface area (Å²) in [6, 6.07) is 27.9. The smallest absolute Gasteiger partial charge is 0.327 e. The summed E-state index contributed by atoms with van der Waals surface area (Å²) >= 11 is 0. The predicted molar refractivity (Wildman–Crippen MR) is 235 cm³/mol. The van der Waals surface area contributed by atoms with Gasteiger partial charge in [0.05, 0.1) is 19.7 Å². The van der Waals surface area contributed by atoms with Gasteiger partial charge in [0.2, 0.25) is 5.91 Å². The Kier molecular flexibility index (Phi) is 14.2. The number of primary amides is 1. The molecular weight excluding hydrogens is 811 g/mol. The van der Waals surface area contributed by atoms with Crippen LogP contribution in [0.3, 0.4) is 0 Å². The van der Waals surface area contributed by atoms with Gasteiger partial charge in [-0.2, -0.15) is 5.10 Å². The zero-order valence-electron chi connectivity index (χ0n) is 36.0. The first-order valence-corrected chi connectivity index (χ1v) is 21.5.